The largest absolute Gasteiger partial charge is 0.338 e. The van der Waals surface area contributed by atoms with Crippen LogP contribution in [0.5, 0.6) is 0 Å². The summed E-state index contributed by atoms with van der Waals surface area (Å²) in [6, 6.07) is 10.0. The molecular weight excluding hydrogens is 378 g/mol. The van der Waals surface area contributed by atoms with E-state index in [1.54, 1.807) is 11.9 Å². The van der Waals surface area contributed by atoms with E-state index in [1.165, 1.54) is 26.9 Å². The highest BCUT2D eigenvalue weighted by molar-refractivity contribution is 7.89. The molecule has 0 aliphatic carbocycles. The maximum Gasteiger partial charge on any atom is 0.317 e. The van der Waals surface area contributed by atoms with E-state index >= 15 is 0 Å². The van der Waals surface area contributed by atoms with Crippen LogP contribution in [-0.2, 0) is 23.5 Å². The Morgan fingerprint density at radius 3 is 2.64 bits per heavy atom. The highest BCUT2D eigenvalue weighted by Gasteiger charge is 2.29. The van der Waals surface area contributed by atoms with E-state index in [4.69, 9.17) is 0 Å². The predicted molar refractivity (Wildman–Crippen MR) is 106 cm³/mol. The minimum Gasteiger partial charge on any atom is -0.338 e. The Hall–Kier alpha value is -2.39. The van der Waals surface area contributed by atoms with E-state index in [2.05, 4.69) is 22.5 Å². The summed E-state index contributed by atoms with van der Waals surface area (Å²) in [4.78, 5) is 14.3. The van der Waals surface area contributed by atoms with Gasteiger partial charge in [-0.25, -0.2) is 13.2 Å². The predicted octanol–water partition coefficient (Wildman–Crippen LogP) is 1.46. The van der Waals surface area contributed by atoms with E-state index < -0.39 is 10.0 Å². The Labute approximate surface area is 166 Å². The Bertz CT molecular complexity index is 882. The topological polar surface area (TPSA) is 87.5 Å². The summed E-state index contributed by atoms with van der Waals surface area (Å²) in [5.41, 5.74) is 1.25. The molecule has 0 spiro atoms. The van der Waals surface area contributed by atoms with Gasteiger partial charge in [0.05, 0.1) is 6.20 Å². The molecule has 2 aromatic rings. The number of carbonyl (C=O) groups is 1. The fourth-order valence-electron chi connectivity index (χ4n) is 3.26. The van der Waals surface area contributed by atoms with Crippen molar-refractivity contribution in [3.8, 4) is 0 Å². The molecule has 0 saturated carbocycles. The lowest BCUT2D eigenvalue weighted by molar-refractivity contribution is 0.200. The number of aromatic nitrogens is 2. The molecule has 3 rings (SSSR count). The van der Waals surface area contributed by atoms with Crippen LogP contribution in [0.25, 0.3) is 0 Å². The van der Waals surface area contributed by atoms with E-state index in [0.29, 0.717) is 32.6 Å². The average Bonchev–Trinajstić information content (AvgIpc) is 2.98. The van der Waals surface area contributed by atoms with Crippen molar-refractivity contribution in [2.75, 3.05) is 32.7 Å². The standard InChI is InChI=1S/C19H27N5O3S/c1-22-16-18(15-21-22)28(26,27)24-12-6-11-23(13-14-24)19(25)20-10-5-9-17-7-3-2-4-8-17/h2-4,7-8,15-16H,5-6,9-14H2,1H3,(H,20,25). The lowest BCUT2D eigenvalue weighted by Crippen LogP contribution is -2.43. The zero-order valence-corrected chi connectivity index (χ0v) is 16.9. The van der Waals surface area contributed by atoms with Crippen LogP contribution >= 0.6 is 0 Å². The molecule has 1 saturated heterocycles. The number of amides is 2. The van der Waals surface area contributed by atoms with Gasteiger partial charge in [-0.2, -0.15) is 9.40 Å². The van der Waals surface area contributed by atoms with Gasteiger partial charge in [0.1, 0.15) is 4.90 Å². The molecule has 2 amide bonds. The maximum atomic E-state index is 12.7. The van der Waals surface area contributed by atoms with Gasteiger partial charge in [0, 0.05) is 46.0 Å². The zero-order chi connectivity index (χ0) is 20.0. The van der Waals surface area contributed by atoms with Crippen molar-refractivity contribution < 1.29 is 13.2 Å². The summed E-state index contributed by atoms with van der Waals surface area (Å²) < 4.78 is 28.4. The van der Waals surface area contributed by atoms with Crippen LogP contribution in [0.3, 0.4) is 0 Å². The molecular formula is C19H27N5O3S. The fraction of sp³-hybridized carbons (Fsp3) is 0.474. The maximum absolute atomic E-state index is 12.7. The number of aryl methyl sites for hydroxylation is 2. The quantitative estimate of drug-likeness (QED) is 0.737. The summed E-state index contributed by atoms with van der Waals surface area (Å²) in [5, 5.41) is 6.89. The Kier molecular flexibility index (Phi) is 6.69. The van der Waals surface area contributed by atoms with Crippen LogP contribution in [0, 0.1) is 0 Å². The third kappa shape index (κ3) is 5.11. The highest BCUT2D eigenvalue weighted by Crippen LogP contribution is 2.17. The molecule has 1 aliphatic rings. The Morgan fingerprint density at radius 1 is 1.14 bits per heavy atom. The molecule has 1 fully saturated rings. The molecule has 1 N–H and O–H groups in total. The van der Waals surface area contributed by atoms with Gasteiger partial charge in [0.15, 0.2) is 0 Å². The first kappa shape index (κ1) is 20.3. The molecule has 9 heteroatoms. The molecule has 1 aliphatic heterocycles. The fourth-order valence-corrected chi connectivity index (χ4v) is 4.72. The van der Waals surface area contributed by atoms with Crippen molar-refractivity contribution >= 4 is 16.1 Å². The Balaban J connectivity index is 1.47. The zero-order valence-electron chi connectivity index (χ0n) is 16.1. The second-order valence-electron chi connectivity index (χ2n) is 6.92. The molecule has 28 heavy (non-hydrogen) atoms. The molecule has 2 heterocycles. The van der Waals surface area contributed by atoms with Crippen molar-refractivity contribution in [2.24, 2.45) is 7.05 Å². The number of nitrogens with zero attached hydrogens (tertiary/aromatic N) is 4. The number of rotatable bonds is 6. The minimum absolute atomic E-state index is 0.131. The highest BCUT2D eigenvalue weighted by atomic mass is 32.2. The number of nitrogens with one attached hydrogen (secondary N) is 1. The van der Waals surface area contributed by atoms with Gasteiger partial charge < -0.3 is 10.2 Å². The molecule has 1 aromatic carbocycles. The summed E-state index contributed by atoms with van der Waals surface area (Å²) in [6.07, 6.45) is 5.25. The molecule has 8 nitrogen and oxygen atoms in total. The third-order valence-electron chi connectivity index (χ3n) is 4.82. The van der Waals surface area contributed by atoms with Gasteiger partial charge in [-0.1, -0.05) is 30.3 Å². The van der Waals surface area contributed by atoms with E-state index in [-0.39, 0.29) is 17.5 Å². The van der Waals surface area contributed by atoms with Crippen molar-refractivity contribution in [3.05, 3.63) is 48.3 Å². The van der Waals surface area contributed by atoms with Crippen LogP contribution in [0.15, 0.2) is 47.6 Å². The van der Waals surface area contributed by atoms with Gasteiger partial charge in [-0.05, 0) is 24.8 Å². The first-order valence-electron chi connectivity index (χ1n) is 9.52. The SMILES string of the molecule is Cn1cc(S(=O)(=O)N2CCCN(C(=O)NCCCc3ccccc3)CC2)cn1. The first-order chi connectivity index (χ1) is 13.5. The molecule has 1 aromatic heterocycles. The number of hydrogen-bond donors (Lipinski definition) is 1. The van der Waals surface area contributed by atoms with Crippen molar-refractivity contribution in [1.29, 1.82) is 0 Å². The van der Waals surface area contributed by atoms with Crippen LogP contribution in [-0.4, -0.2) is 66.2 Å². The summed E-state index contributed by atoms with van der Waals surface area (Å²) in [5.74, 6) is 0. The summed E-state index contributed by atoms with van der Waals surface area (Å²) >= 11 is 0. The monoisotopic (exact) mass is 405 g/mol. The van der Waals surface area contributed by atoms with Crippen LogP contribution < -0.4 is 5.32 Å². The lowest BCUT2D eigenvalue weighted by Gasteiger charge is -2.22. The smallest absolute Gasteiger partial charge is 0.317 e. The molecule has 0 unspecified atom stereocenters. The van der Waals surface area contributed by atoms with Crippen LogP contribution in [0.1, 0.15) is 18.4 Å². The van der Waals surface area contributed by atoms with E-state index in [0.717, 1.165) is 12.8 Å². The van der Waals surface area contributed by atoms with Crippen molar-refractivity contribution in [3.63, 3.8) is 0 Å². The van der Waals surface area contributed by atoms with Crippen molar-refractivity contribution in [2.45, 2.75) is 24.2 Å². The molecule has 0 atom stereocenters. The van der Waals surface area contributed by atoms with Gasteiger partial charge >= 0.3 is 6.03 Å². The van der Waals surface area contributed by atoms with Crippen LogP contribution in [0.4, 0.5) is 4.79 Å². The Morgan fingerprint density at radius 2 is 1.93 bits per heavy atom. The lowest BCUT2D eigenvalue weighted by atomic mass is 10.1. The van der Waals surface area contributed by atoms with Crippen LogP contribution in [0.2, 0.25) is 0 Å². The summed E-state index contributed by atoms with van der Waals surface area (Å²) in [6.45, 7) is 2.21. The average molecular weight is 406 g/mol. The van der Waals surface area contributed by atoms with Crippen molar-refractivity contribution in [1.82, 2.24) is 24.3 Å². The normalized spacial score (nSPS) is 16.0. The number of urea groups is 1. The second-order valence-corrected chi connectivity index (χ2v) is 8.85. The second kappa shape index (κ2) is 9.20. The molecule has 152 valence electrons. The number of sulfonamides is 1. The molecule has 0 bridgehead atoms. The van der Waals surface area contributed by atoms with Gasteiger partial charge in [0.2, 0.25) is 10.0 Å². The van der Waals surface area contributed by atoms with E-state index in [1.807, 2.05) is 18.2 Å². The third-order valence-corrected chi connectivity index (χ3v) is 6.67. The van der Waals surface area contributed by atoms with Gasteiger partial charge in [-0.3, -0.25) is 4.68 Å². The summed E-state index contributed by atoms with van der Waals surface area (Å²) in [7, 11) is -1.89. The minimum atomic E-state index is -3.57. The molecule has 0 radical (unpaired) electrons. The van der Waals surface area contributed by atoms with Gasteiger partial charge in [-0.15, -0.1) is 0 Å². The number of benzene rings is 1. The number of hydrogen-bond acceptors (Lipinski definition) is 4. The van der Waals surface area contributed by atoms with Gasteiger partial charge in [0.25, 0.3) is 0 Å². The number of carbonyl (C=O) groups excluding carboxylic acids is 1. The first-order valence-corrected chi connectivity index (χ1v) is 11.0. The van der Waals surface area contributed by atoms with E-state index in [9.17, 15) is 13.2 Å².